The Labute approximate surface area is 148 Å². The van der Waals surface area contributed by atoms with E-state index < -0.39 is 0 Å². The van der Waals surface area contributed by atoms with Gasteiger partial charge in [-0.1, -0.05) is 19.1 Å². The summed E-state index contributed by atoms with van der Waals surface area (Å²) in [5.41, 5.74) is 1.63. The Balaban J connectivity index is 1.69. The zero-order valence-corrected chi connectivity index (χ0v) is 15.2. The number of piperazine rings is 1. The number of para-hydroxylation sites is 1. The fourth-order valence-electron chi connectivity index (χ4n) is 2.99. The molecule has 0 spiro atoms. The first-order chi connectivity index (χ1) is 12.1. The minimum atomic E-state index is -0.158. The Hall–Kier alpha value is -2.37. The molecule has 5 nitrogen and oxygen atoms in total. The quantitative estimate of drug-likeness (QED) is 0.901. The molecule has 1 aromatic heterocycles. The number of benzene rings is 1. The van der Waals surface area contributed by atoms with Gasteiger partial charge in [-0.05, 0) is 32.4 Å². The Morgan fingerprint density at radius 1 is 1.12 bits per heavy atom. The van der Waals surface area contributed by atoms with Crippen molar-refractivity contribution in [2.45, 2.75) is 33.2 Å². The molecule has 3 rings (SSSR count). The molecule has 1 aromatic carbocycles. The molecule has 1 unspecified atom stereocenters. The summed E-state index contributed by atoms with van der Waals surface area (Å²) in [7, 11) is 0. The first-order valence-electron chi connectivity index (χ1n) is 8.93. The van der Waals surface area contributed by atoms with Crippen molar-refractivity contribution < 1.29 is 4.39 Å². The Kier molecular flexibility index (Phi) is 5.36. The van der Waals surface area contributed by atoms with E-state index in [1.54, 1.807) is 6.07 Å². The van der Waals surface area contributed by atoms with Crippen molar-refractivity contribution in [3.63, 3.8) is 0 Å². The summed E-state index contributed by atoms with van der Waals surface area (Å²) < 4.78 is 14.0. The monoisotopic (exact) mass is 343 g/mol. The lowest BCUT2D eigenvalue weighted by molar-refractivity contribution is 0.596. The van der Waals surface area contributed by atoms with Gasteiger partial charge in [0.15, 0.2) is 0 Å². The third-order valence-electron chi connectivity index (χ3n) is 4.63. The second kappa shape index (κ2) is 7.68. The van der Waals surface area contributed by atoms with Gasteiger partial charge in [0.1, 0.15) is 11.6 Å². The van der Waals surface area contributed by atoms with Crippen LogP contribution in [0.3, 0.4) is 0 Å². The molecule has 1 fully saturated rings. The molecule has 1 atom stereocenters. The number of anilines is 3. The molecule has 1 aliphatic rings. The fraction of sp³-hybridized carbons (Fsp3) is 0.474. The van der Waals surface area contributed by atoms with Crippen LogP contribution in [-0.4, -0.2) is 42.2 Å². The number of hydrogen-bond donors (Lipinski definition) is 1. The molecular weight excluding hydrogens is 317 g/mol. The van der Waals surface area contributed by atoms with Gasteiger partial charge in [-0.25, -0.2) is 9.37 Å². The summed E-state index contributed by atoms with van der Waals surface area (Å²) in [6.45, 7) is 9.43. The molecule has 0 aliphatic carbocycles. The number of rotatable bonds is 5. The standard InChI is InChI=1S/C19H26FN5/c1-4-14(2)21-19-22-15(3)13-18(23-19)25-11-9-24(10-12-25)17-8-6-5-7-16(17)20/h5-8,13-14H,4,9-12H2,1-3H3,(H,21,22,23). The fourth-order valence-corrected chi connectivity index (χ4v) is 2.99. The largest absolute Gasteiger partial charge is 0.366 e. The molecule has 1 saturated heterocycles. The second-order valence-corrected chi connectivity index (χ2v) is 6.57. The van der Waals surface area contributed by atoms with E-state index in [1.165, 1.54) is 6.07 Å². The molecular formula is C19H26FN5. The van der Waals surface area contributed by atoms with Crippen molar-refractivity contribution in [2.24, 2.45) is 0 Å². The molecule has 2 aromatic rings. The molecule has 1 N–H and O–H groups in total. The summed E-state index contributed by atoms with van der Waals surface area (Å²) in [6.07, 6.45) is 1.02. The van der Waals surface area contributed by atoms with Crippen LogP contribution in [0.15, 0.2) is 30.3 Å². The Morgan fingerprint density at radius 2 is 1.80 bits per heavy atom. The molecule has 6 heteroatoms. The van der Waals surface area contributed by atoms with Crippen LogP contribution in [0.2, 0.25) is 0 Å². The number of halogens is 1. The van der Waals surface area contributed by atoms with E-state index in [0.29, 0.717) is 17.7 Å². The highest BCUT2D eigenvalue weighted by Gasteiger charge is 2.21. The smallest absolute Gasteiger partial charge is 0.225 e. The van der Waals surface area contributed by atoms with Crippen LogP contribution in [0.5, 0.6) is 0 Å². The summed E-state index contributed by atoms with van der Waals surface area (Å²) in [6, 6.07) is 9.32. The predicted molar refractivity (Wildman–Crippen MR) is 101 cm³/mol. The van der Waals surface area contributed by atoms with Gasteiger partial charge >= 0.3 is 0 Å². The normalized spacial score (nSPS) is 16.0. The van der Waals surface area contributed by atoms with Crippen LogP contribution >= 0.6 is 0 Å². The maximum Gasteiger partial charge on any atom is 0.225 e. The second-order valence-electron chi connectivity index (χ2n) is 6.57. The number of nitrogens with one attached hydrogen (secondary N) is 1. The SMILES string of the molecule is CCC(C)Nc1nc(C)cc(N2CCN(c3ccccc3F)CC2)n1. The van der Waals surface area contributed by atoms with Crippen LogP contribution in [-0.2, 0) is 0 Å². The highest BCUT2D eigenvalue weighted by Crippen LogP contribution is 2.23. The summed E-state index contributed by atoms with van der Waals surface area (Å²) >= 11 is 0. The highest BCUT2D eigenvalue weighted by molar-refractivity contribution is 5.51. The van der Waals surface area contributed by atoms with Crippen molar-refractivity contribution in [3.8, 4) is 0 Å². The van der Waals surface area contributed by atoms with Crippen LogP contribution < -0.4 is 15.1 Å². The lowest BCUT2D eigenvalue weighted by Gasteiger charge is -2.37. The molecule has 134 valence electrons. The van der Waals surface area contributed by atoms with Crippen molar-refractivity contribution in [1.29, 1.82) is 0 Å². The minimum absolute atomic E-state index is 0.158. The summed E-state index contributed by atoms with van der Waals surface area (Å²) in [5, 5.41) is 3.35. The Morgan fingerprint density at radius 3 is 2.48 bits per heavy atom. The summed E-state index contributed by atoms with van der Waals surface area (Å²) in [5.74, 6) is 1.46. The average molecular weight is 343 g/mol. The average Bonchev–Trinajstić information content (AvgIpc) is 2.62. The van der Waals surface area contributed by atoms with E-state index in [2.05, 4.69) is 38.9 Å². The molecule has 2 heterocycles. The lowest BCUT2D eigenvalue weighted by atomic mass is 10.2. The van der Waals surface area contributed by atoms with Gasteiger partial charge in [0.25, 0.3) is 0 Å². The van der Waals surface area contributed by atoms with Crippen molar-refractivity contribution in [3.05, 3.63) is 41.8 Å². The molecule has 25 heavy (non-hydrogen) atoms. The lowest BCUT2D eigenvalue weighted by Crippen LogP contribution is -2.47. The van der Waals surface area contributed by atoms with E-state index in [0.717, 1.165) is 44.1 Å². The number of hydrogen-bond acceptors (Lipinski definition) is 5. The highest BCUT2D eigenvalue weighted by atomic mass is 19.1. The van der Waals surface area contributed by atoms with Crippen molar-refractivity contribution in [2.75, 3.05) is 41.3 Å². The predicted octanol–water partition coefficient (Wildman–Crippen LogP) is 3.46. The molecule has 1 aliphatic heterocycles. The van der Waals surface area contributed by atoms with Gasteiger partial charge in [-0.2, -0.15) is 4.98 Å². The van der Waals surface area contributed by atoms with E-state index >= 15 is 0 Å². The topological polar surface area (TPSA) is 44.3 Å². The minimum Gasteiger partial charge on any atom is -0.366 e. The zero-order valence-electron chi connectivity index (χ0n) is 15.2. The first-order valence-corrected chi connectivity index (χ1v) is 8.93. The third-order valence-corrected chi connectivity index (χ3v) is 4.63. The van der Waals surface area contributed by atoms with E-state index in [4.69, 9.17) is 0 Å². The van der Waals surface area contributed by atoms with E-state index in [1.807, 2.05) is 25.1 Å². The van der Waals surface area contributed by atoms with E-state index in [9.17, 15) is 4.39 Å². The van der Waals surface area contributed by atoms with Gasteiger partial charge in [0.2, 0.25) is 5.95 Å². The van der Waals surface area contributed by atoms with Gasteiger partial charge in [0, 0.05) is 44.0 Å². The zero-order chi connectivity index (χ0) is 17.8. The van der Waals surface area contributed by atoms with Crippen LogP contribution in [0.25, 0.3) is 0 Å². The maximum atomic E-state index is 14.0. The summed E-state index contributed by atoms with van der Waals surface area (Å²) in [4.78, 5) is 13.5. The van der Waals surface area contributed by atoms with Crippen molar-refractivity contribution in [1.82, 2.24) is 9.97 Å². The van der Waals surface area contributed by atoms with Crippen LogP contribution in [0.1, 0.15) is 26.0 Å². The molecule has 0 amide bonds. The van der Waals surface area contributed by atoms with E-state index in [-0.39, 0.29) is 5.82 Å². The van der Waals surface area contributed by atoms with Crippen molar-refractivity contribution >= 4 is 17.5 Å². The van der Waals surface area contributed by atoms with Crippen LogP contribution in [0.4, 0.5) is 21.8 Å². The first kappa shape index (κ1) is 17.5. The maximum absolute atomic E-state index is 14.0. The molecule has 0 radical (unpaired) electrons. The number of aromatic nitrogens is 2. The number of nitrogens with zero attached hydrogens (tertiary/aromatic N) is 4. The molecule has 0 bridgehead atoms. The Bertz CT molecular complexity index is 713. The van der Waals surface area contributed by atoms with Gasteiger partial charge in [0.05, 0.1) is 5.69 Å². The number of aryl methyl sites for hydroxylation is 1. The third kappa shape index (κ3) is 4.18. The van der Waals surface area contributed by atoms with Gasteiger partial charge in [-0.15, -0.1) is 0 Å². The van der Waals surface area contributed by atoms with Gasteiger partial charge < -0.3 is 15.1 Å². The van der Waals surface area contributed by atoms with Crippen LogP contribution in [0, 0.1) is 12.7 Å². The van der Waals surface area contributed by atoms with Gasteiger partial charge in [-0.3, -0.25) is 0 Å². The molecule has 0 saturated carbocycles.